The topological polar surface area (TPSA) is 25.8 Å². The van der Waals surface area contributed by atoms with Gasteiger partial charge in [-0.05, 0) is 25.7 Å². The Morgan fingerprint density at radius 1 is 0.789 bits per heavy atom. The summed E-state index contributed by atoms with van der Waals surface area (Å²) in [6, 6.07) is 0. The van der Waals surface area contributed by atoms with E-state index in [2.05, 4.69) is 24.6 Å². The highest BCUT2D eigenvalue weighted by Gasteiger charge is 2.09. The first-order valence-corrected chi connectivity index (χ1v) is 8.51. The van der Waals surface area contributed by atoms with Gasteiger partial charge >= 0.3 is 0 Å². The van der Waals surface area contributed by atoms with Crippen LogP contribution in [0.15, 0.2) is 10.8 Å². The Morgan fingerprint density at radius 3 is 1.68 bits per heavy atom. The molecule has 2 aromatic heterocycles. The molecule has 19 heavy (non-hydrogen) atoms. The van der Waals surface area contributed by atoms with Gasteiger partial charge in [-0.15, -0.1) is 11.3 Å². The lowest BCUT2D eigenvalue weighted by atomic mass is 10.1. The summed E-state index contributed by atoms with van der Waals surface area (Å²) in [4.78, 5) is 9.67. The minimum atomic E-state index is 1.08. The fourth-order valence-corrected chi connectivity index (χ4v) is 3.03. The van der Waals surface area contributed by atoms with Gasteiger partial charge in [-0.3, -0.25) is 0 Å². The van der Waals surface area contributed by atoms with E-state index in [0.29, 0.717) is 0 Å². The van der Waals surface area contributed by atoms with Crippen LogP contribution >= 0.6 is 11.3 Å². The molecule has 0 aromatic carbocycles. The third-order valence-corrected chi connectivity index (χ3v) is 4.22. The quantitative estimate of drug-likeness (QED) is 0.623. The minimum absolute atomic E-state index is 1.08. The Hall–Kier alpha value is -0.960. The number of unbranched alkanes of at least 4 members (excludes halogenated alkanes) is 4. The second-order valence-electron chi connectivity index (χ2n) is 5.17. The van der Waals surface area contributed by atoms with Crippen molar-refractivity contribution >= 4 is 22.4 Å². The summed E-state index contributed by atoms with van der Waals surface area (Å²) in [5.41, 5.74) is 4.65. The molecular formula is C16H24N2S. The van der Waals surface area contributed by atoms with E-state index >= 15 is 0 Å². The van der Waals surface area contributed by atoms with Crippen LogP contribution in [-0.2, 0) is 12.8 Å². The van der Waals surface area contributed by atoms with Crippen molar-refractivity contribution in [3.05, 3.63) is 22.1 Å². The number of nitrogens with zero attached hydrogens (tertiary/aromatic N) is 2. The summed E-state index contributed by atoms with van der Waals surface area (Å²) in [6.07, 6.45) is 9.76. The van der Waals surface area contributed by atoms with Gasteiger partial charge in [0.25, 0.3) is 0 Å². The number of hydrogen-bond acceptors (Lipinski definition) is 3. The van der Waals surface area contributed by atoms with Crippen molar-refractivity contribution in [3.63, 3.8) is 0 Å². The molecule has 0 atom stereocenters. The number of rotatable bonds is 8. The fourth-order valence-electron chi connectivity index (χ4n) is 2.36. The molecule has 2 aromatic rings. The van der Waals surface area contributed by atoms with Gasteiger partial charge in [-0.2, -0.15) is 0 Å². The first-order chi connectivity index (χ1) is 9.35. The van der Waals surface area contributed by atoms with Crippen molar-refractivity contribution in [1.29, 1.82) is 0 Å². The smallest absolute Gasteiger partial charge is 0.0997 e. The van der Waals surface area contributed by atoms with Gasteiger partial charge in [0, 0.05) is 10.8 Å². The second kappa shape index (κ2) is 7.59. The fraction of sp³-hybridized carbons (Fsp3) is 0.625. The molecule has 2 heterocycles. The molecule has 0 aliphatic rings. The van der Waals surface area contributed by atoms with Crippen molar-refractivity contribution in [2.75, 3.05) is 0 Å². The van der Waals surface area contributed by atoms with Crippen molar-refractivity contribution in [2.45, 2.75) is 65.2 Å². The van der Waals surface area contributed by atoms with Gasteiger partial charge in [0.05, 0.1) is 22.4 Å². The summed E-state index contributed by atoms with van der Waals surface area (Å²) in [5, 5.41) is 4.23. The molecule has 0 unspecified atom stereocenters. The third kappa shape index (κ3) is 4.00. The maximum Gasteiger partial charge on any atom is 0.0997 e. The molecule has 0 fully saturated rings. The summed E-state index contributed by atoms with van der Waals surface area (Å²) in [7, 11) is 0. The Bertz CT molecular complexity index is 460. The van der Waals surface area contributed by atoms with E-state index in [4.69, 9.17) is 9.97 Å². The maximum absolute atomic E-state index is 4.83. The maximum atomic E-state index is 4.83. The number of aromatic nitrogens is 2. The minimum Gasteiger partial charge on any atom is -0.248 e. The number of thiophene rings is 1. The molecule has 0 saturated heterocycles. The van der Waals surface area contributed by atoms with Gasteiger partial charge < -0.3 is 0 Å². The molecule has 0 radical (unpaired) electrons. The zero-order valence-electron chi connectivity index (χ0n) is 12.1. The first kappa shape index (κ1) is 14.4. The molecule has 2 nitrogen and oxygen atoms in total. The Morgan fingerprint density at radius 2 is 1.26 bits per heavy atom. The molecule has 104 valence electrons. The molecule has 0 aliphatic heterocycles. The summed E-state index contributed by atoms with van der Waals surface area (Å²) in [6.45, 7) is 4.49. The zero-order chi connectivity index (χ0) is 13.5. The molecule has 0 amide bonds. The van der Waals surface area contributed by atoms with Crippen molar-refractivity contribution in [1.82, 2.24) is 9.97 Å². The predicted molar refractivity (Wildman–Crippen MR) is 83.9 cm³/mol. The lowest BCUT2D eigenvalue weighted by molar-refractivity contribution is 0.676. The Kier molecular flexibility index (Phi) is 5.77. The van der Waals surface area contributed by atoms with Crippen LogP contribution in [0.2, 0.25) is 0 Å². The Labute approximate surface area is 120 Å². The average Bonchev–Trinajstić information content (AvgIpc) is 2.86. The van der Waals surface area contributed by atoms with Gasteiger partial charge in [0.2, 0.25) is 0 Å². The lowest BCUT2D eigenvalue weighted by Crippen LogP contribution is -2.02. The van der Waals surface area contributed by atoms with Crippen molar-refractivity contribution in [3.8, 4) is 0 Å². The van der Waals surface area contributed by atoms with Gasteiger partial charge in [0.15, 0.2) is 0 Å². The molecule has 0 saturated carbocycles. The number of fused-ring (bicyclic) bond motifs is 1. The molecule has 0 aliphatic carbocycles. The van der Waals surface area contributed by atoms with Crippen LogP contribution in [0.3, 0.4) is 0 Å². The van der Waals surface area contributed by atoms with E-state index in [1.54, 1.807) is 11.3 Å². The van der Waals surface area contributed by atoms with Crippen molar-refractivity contribution in [2.24, 2.45) is 0 Å². The van der Waals surface area contributed by atoms with Crippen LogP contribution in [0.1, 0.15) is 63.8 Å². The lowest BCUT2D eigenvalue weighted by Gasteiger charge is -2.08. The molecule has 3 heteroatoms. The number of hydrogen-bond donors (Lipinski definition) is 0. The van der Waals surface area contributed by atoms with E-state index in [9.17, 15) is 0 Å². The van der Waals surface area contributed by atoms with Gasteiger partial charge in [0.1, 0.15) is 0 Å². The SMILES string of the molecule is CCCCCc1nc2cscc2nc1CCCCC. The molecule has 0 bridgehead atoms. The third-order valence-electron chi connectivity index (χ3n) is 3.50. The zero-order valence-corrected chi connectivity index (χ0v) is 12.9. The van der Waals surface area contributed by atoms with Gasteiger partial charge in [-0.1, -0.05) is 39.5 Å². The first-order valence-electron chi connectivity index (χ1n) is 7.56. The van der Waals surface area contributed by atoms with Crippen LogP contribution in [0.25, 0.3) is 11.0 Å². The van der Waals surface area contributed by atoms with Gasteiger partial charge in [-0.25, -0.2) is 9.97 Å². The van der Waals surface area contributed by atoms with Crippen LogP contribution in [-0.4, -0.2) is 9.97 Å². The predicted octanol–water partition coefficient (Wildman–Crippen LogP) is 5.16. The normalized spacial score (nSPS) is 11.3. The van der Waals surface area contributed by atoms with Crippen molar-refractivity contribution < 1.29 is 0 Å². The van der Waals surface area contributed by atoms with Crippen LogP contribution < -0.4 is 0 Å². The van der Waals surface area contributed by atoms with E-state index in [1.165, 1.54) is 49.9 Å². The van der Waals surface area contributed by atoms with E-state index < -0.39 is 0 Å². The molecule has 2 rings (SSSR count). The largest absolute Gasteiger partial charge is 0.248 e. The van der Waals surface area contributed by atoms with E-state index in [-0.39, 0.29) is 0 Å². The standard InChI is InChI=1S/C16H24N2S/c1-3-5-7-9-13-14(10-8-6-4-2)18-16-12-19-11-15(16)17-13/h11-12H,3-10H2,1-2H3. The van der Waals surface area contributed by atoms with E-state index in [0.717, 1.165) is 23.9 Å². The summed E-state index contributed by atoms with van der Waals surface area (Å²) >= 11 is 1.70. The molecule has 0 N–H and O–H groups in total. The van der Waals surface area contributed by atoms with Crippen LogP contribution in [0.4, 0.5) is 0 Å². The van der Waals surface area contributed by atoms with E-state index in [1.807, 2.05) is 0 Å². The summed E-state index contributed by atoms with van der Waals surface area (Å²) < 4.78 is 0. The van der Waals surface area contributed by atoms with Crippen LogP contribution in [0.5, 0.6) is 0 Å². The monoisotopic (exact) mass is 276 g/mol. The number of aryl methyl sites for hydroxylation is 2. The highest BCUT2D eigenvalue weighted by molar-refractivity contribution is 7.09. The highest BCUT2D eigenvalue weighted by atomic mass is 32.1. The average molecular weight is 276 g/mol. The molecular weight excluding hydrogens is 252 g/mol. The Balaban J connectivity index is 2.15. The van der Waals surface area contributed by atoms with Crippen LogP contribution in [0, 0.1) is 0 Å². The summed E-state index contributed by atoms with van der Waals surface area (Å²) in [5.74, 6) is 0. The molecule has 0 spiro atoms. The second-order valence-corrected chi connectivity index (χ2v) is 5.92. The highest BCUT2D eigenvalue weighted by Crippen LogP contribution is 2.20.